The van der Waals surface area contributed by atoms with E-state index in [1.165, 1.54) is 9.80 Å². The molecule has 0 radical (unpaired) electrons. The first-order chi connectivity index (χ1) is 24.2. The number of aromatic amines is 1. The van der Waals surface area contributed by atoms with Gasteiger partial charge >= 0.3 is 0 Å². The van der Waals surface area contributed by atoms with Crippen molar-refractivity contribution in [2.45, 2.75) is 50.0 Å². The van der Waals surface area contributed by atoms with Gasteiger partial charge in [0.2, 0.25) is 23.6 Å². The molecule has 2 aliphatic rings. The summed E-state index contributed by atoms with van der Waals surface area (Å²) in [7, 11) is 0. The average Bonchev–Trinajstić information content (AvgIpc) is 3.73. The molecule has 51 heavy (non-hydrogen) atoms. The smallest absolute Gasteiger partial charge is 0.254 e. The van der Waals surface area contributed by atoms with Gasteiger partial charge in [-0.15, -0.1) is 12.4 Å². The van der Waals surface area contributed by atoms with Crippen LogP contribution in [0.2, 0.25) is 0 Å². The number of carbonyl (C=O) groups is 5. The quantitative estimate of drug-likeness (QED) is 0.172. The number of fused-ring (bicyclic) bond motifs is 2. The normalized spacial score (nSPS) is 21.8. The van der Waals surface area contributed by atoms with Gasteiger partial charge in [0, 0.05) is 68.1 Å². The van der Waals surface area contributed by atoms with Gasteiger partial charge in [-0.25, -0.2) is 0 Å². The van der Waals surface area contributed by atoms with Gasteiger partial charge in [-0.2, -0.15) is 0 Å². The third kappa shape index (κ3) is 8.74. The van der Waals surface area contributed by atoms with Crippen LogP contribution in [0.4, 0.5) is 0 Å². The molecule has 3 heterocycles. The molecule has 13 nitrogen and oxygen atoms in total. The molecular weight excluding hydrogens is 674 g/mol. The Kier molecular flexibility index (Phi) is 12.1. The zero-order valence-corrected chi connectivity index (χ0v) is 28.7. The first kappa shape index (κ1) is 37.0. The Balaban J connectivity index is 0.00000504. The lowest BCUT2D eigenvalue weighted by Crippen LogP contribution is -2.57. The number of aromatic nitrogens is 1. The van der Waals surface area contributed by atoms with Gasteiger partial charge in [0.05, 0.1) is 12.6 Å². The van der Waals surface area contributed by atoms with Crippen LogP contribution >= 0.6 is 12.4 Å². The second-order valence-electron chi connectivity index (χ2n) is 12.7. The van der Waals surface area contributed by atoms with Gasteiger partial charge in [-0.05, 0) is 34.9 Å². The molecule has 2 aliphatic heterocycles. The van der Waals surface area contributed by atoms with E-state index >= 15 is 0 Å². The van der Waals surface area contributed by atoms with Crippen LogP contribution in [0.1, 0.15) is 33.5 Å². The molecule has 4 aromatic rings. The van der Waals surface area contributed by atoms with Crippen LogP contribution in [0.15, 0.2) is 85.1 Å². The second kappa shape index (κ2) is 16.6. The van der Waals surface area contributed by atoms with Gasteiger partial charge in [0.15, 0.2) is 0 Å². The highest BCUT2D eigenvalue weighted by atomic mass is 35.5. The minimum Gasteiger partial charge on any atom is -0.391 e. The number of halogens is 1. The number of aliphatic hydroxyl groups is 1. The lowest BCUT2D eigenvalue weighted by molar-refractivity contribution is -0.142. The van der Waals surface area contributed by atoms with E-state index in [2.05, 4.69) is 20.9 Å². The predicted molar refractivity (Wildman–Crippen MR) is 193 cm³/mol. The van der Waals surface area contributed by atoms with Crippen LogP contribution in [-0.4, -0.2) is 99.8 Å². The fourth-order valence-corrected chi connectivity index (χ4v) is 6.62. The highest BCUT2D eigenvalue weighted by Crippen LogP contribution is 2.24. The lowest BCUT2D eigenvalue weighted by Gasteiger charge is -2.30. The summed E-state index contributed by atoms with van der Waals surface area (Å²) < 4.78 is 0. The van der Waals surface area contributed by atoms with Crippen LogP contribution in [0, 0.1) is 0 Å². The predicted octanol–water partition coefficient (Wildman–Crippen LogP) is 1.04. The number of nitrogens with one attached hydrogen (secondary N) is 4. The summed E-state index contributed by atoms with van der Waals surface area (Å²) in [6, 6.07) is 20.2. The number of amides is 5. The summed E-state index contributed by atoms with van der Waals surface area (Å²) in [6.07, 6.45) is 1.01. The van der Waals surface area contributed by atoms with Crippen molar-refractivity contribution in [2.75, 3.05) is 26.2 Å². The molecule has 0 unspecified atom stereocenters. The Morgan fingerprint density at radius 2 is 1.57 bits per heavy atom. The molecule has 0 saturated carbocycles. The largest absolute Gasteiger partial charge is 0.391 e. The number of hydrogen-bond acceptors (Lipinski definition) is 7. The Bertz CT molecular complexity index is 1870. The second-order valence-corrected chi connectivity index (χ2v) is 12.7. The van der Waals surface area contributed by atoms with E-state index in [1.807, 2.05) is 54.6 Å². The molecule has 268 valence electrons. The number of aliphatic hydroxyl groups excluding tert-OH is 1. The fourth-order valence-electron chi connectivity index (χ4n) is 6.62. The van der Waals surface area contributed by atoms with Crippen molar-refractivity contribution in [1.82, 2.24) is 30.7 Å². The molecule has 1 aromatic heterocycles. The SMILES string of the molecule is Cl.NCc1ccc(C(=O)N2CCNC(=O)[C@H](Cc3ccccc3)NC(=O)[C@@H]3C[C@@H](O)CN3C(=O)[C@@H](Cc3c[nH]c4ccccc34)NC(=O)C2)cc1. The summed E-state index contributed by atoms with van der Waals surface area (Å²) in [5.41, 5.74) is 9.32. The van der Waals surface area contributed by atoms with Gasteiger partial charge in [-0.3, -0.25) is 24.0 Å². The van der Waals surface area contributed by atoms with Crippen LogP contribution < -0.4 is 21.7 Å². The lowest BCUT2D eigenvalue weighted by atomic mass is 10.0. The number of nitrogens with zero attached hydrogens (tertiary/aromatic N) is 2. The highest BCUT2D eigenvalue weighted by Gasteiger charge is 2.43. The van der Waals surface area contributed by atoms with Gasteiger partial charge in [0.1, 0.15) is 18.1 Å². The molecule has 5 amide bonds. The molecular formula is C37H42ClN7O6. The minimum atomic E-state index is -1.13. The maximum atomic E-state index is 14.3. The van der Waals surface area contributed by atoms with Crippen molar-refractivity contribution in [3.8, 4) is 0 Å². The van der Waals surface area contributed by atoms with Crippen LogP contribution in [-0.2, 0) is 38.6 Å². The zero-order valence-electron chi connectivity index (χ0n) is 27.9. The third-order valence-corrected chi connectivity index (χ3v) is 9.25. The minimum absolute atomic E-state index is 0. The third-order valence-electron chi connectivity index (χ3n) is 9.25. The number of H-pyrrole nitrogens is 1. The first-order valence-electron chi connectivity index (χ1n) is 16.7. The van der Waals surface area contributed by atoms with E-state index in [9.17, 15) is 29.1 Å². The number of carbonyl (C=O) groups excluding carboxylic acids is 5. The van der Waals surface area contributed by atoms with E-state index in [4.69, 9.17) is 5.73 Å². The van der Waals surface area contributed by atoms with Crippen molar-refractivity contribution in [3.63, 3.8) is 0 Å². The molecule has 14 heteroatoms. The van der Waals surface area contributed by atoms with Crippen molar-refractivity contribution < 1.29 is 29.1 Å². The van der Waals surface area contributed by atoms with E-state index in [1.54, 1.807) is 30.5 Å². The van der Waals surface area contributed by atoms with Gasteiger partial charge < -0.3 is 41.6 Å². The molecule has 0 spiro atoms. The number of nitrogens with two attached hydrogens (primary N) is 1. The van der Waals surface area contributed by atoms with Crippen LogP contribution in [0.3, 0.4) is 0 Å². The van der Waals surface area contributed by atoms with Crippen LogP contribution in [0.5, 0.6) is 0 Å². The topological polar surface area (TPSA) is 190 Å². The van der Waals surface area contributed by atoms with E-state index < -0.39 is 60.3 Å². The number of para-hydroxylation sites is 1. The van der Waals surface area contributed by atoms with Crippen molar-refractivity contribution in [3.05, 3.63) is 107 Å². The number of rotatable bonds is 6. The summed E-state index contributed by atoms with van der Waals surface area (Å²) >= 11 is 0. The number of hydrogen-bond donors (Lipinski definition) is 6. The molecule has 7 N–H and O–H groups in total. The highest BCUT2D eigenvalue weighted by molar-refractivity contribution is 5.98. The molecule has 2 saturated heterocycles. The van der Waals surface area contributed by atoms with Crippen LogP contribution in [0.25, 0.3) is 10.9 Å². The Labute approximate surface area is 301 Å². The first-order valence-corrected chi connectivity index (χ1v) is 16.7. The Morgan fingerprint density at radius 3 is 2.31 bits per heavy atom. The molecule has 6 rings (SSSR count). The summed E-state index contributed by atoms with van der Waals surface area (Å²) in [5.74, 6) is -2.68. The Morgan fingerprint density at radius 1 is 0.843 bits per heavy atom. The summed E-state index contributed by atoms with van der Waals surface area (Å²) in [6.45, 7) is -0.262. The zero-order chi connectivity index (χ0) is 35.2. The van der Waals surface area contributed by atoms with Crippen molar-refractivity contribution >= 4 is 52.8 Å². The molecule has 4 atom stereocenters. The maximum Gasteiger partial charge on any atom is 0.254 e. The summed E-state index contributed by atoms with van der Waals surface area (Å²) in [5, 5.41) is 20.0. The Hall–Kier alpha value is -5.24. The van der Waals surface area contributed by atoms with Crippen molar-refractivity contribution in [1.29, 1.82) is 0 Å². The van der Waals surface area contributed by atoms with E-state index in [-0.39, 0.29) is 51.3 Å². The molecule has 0 aliphatic carbocycles. The molecule has 0 bridgehead atoms. The van der Waals surface area contributed by atoms with Gasteiger partial charge in [0.25, 0.3) is 5.91 Å². The average molecular weight is 716 g/mol. The summed E-state index contributed by atoms with van der Waals surface area (Å²) in [4.78, 5) is 75.0. The molecule has 2 fully saturated rings. The van der Waals surface area contributed by atoms with Gasteiger partial charge in [-0.1, -0.05) is 60.7 Å². The maximum absolute atomic E-state index is 14.3. The molecule has 3 aromatic carbocycles. The van der Waals surface area contributed by atoms with E-state index in [0.717, 1.165) is 27.6 Å². The number of benzene rings is 3. The fraction of sp³-hybridized carbons (Fsp3) is 0.324. The standard InChI is InChI=1S/C37H41N7O6.ClH/c38-19-24-10-12-25(13-11-24)36(49)43-15-14-39-34(47)30(16-23-6-2-1-3-7-23)42-35(48)32-18-27(45)21-44(32)37(50)31(41-33(46)22-43)17-26-20-40-29-9-5-4-8-28(26)29;/h1-13,20,27,30-32,40,45H,14-19,21-22,38H2,(H,39,47)(H,41,46)(H,42,48);1H/t27-,30+,31-,32+;/m1./s1. The monoisotopic (exact) mass is 715 g/mol. The van der Waals surface area contributed by atoms with E-state index in [0.29, 0.717) is 12.1 Å². The van der Waals surface area contributed by atoms with Crippen molar-refractivity contribution in [2.24, 2.45) is 5.73 Å².